The van der Waals surface area contributed by atoms with Gasteiger partial charge in [-0.25, -0.2) is 4.98 Å². The van der Waals surface area contributed by atoms with Gasteiger partial charge in [-0.05, 0) is 13.8 Å². The molecule has 0 spiro atoms. The number of nitrogens with one attached hydrogen (secondary N) is 1. The zero-order chi connectivity index (χ0) is 11.7. The Morgan fingerprint density at radius 1 is 1.38 bits per heavy atom. The summed E-state index contributed by atoms with van der Waals surface area (Å²) in [5.41, 5.74) is 3.53. The number of hydrogen-bond acceptors (Lipinski definition) is 3. The van der Waals surface area contributed by atoms with E-state index in [4.69, 9.17) is 0 Å². The van der Waals surface area contributed by atoms with Gasteiger partial charge in [-0.2, -0.15) is 0 Å². The molecule has 5 nitrogen and oxygen atoms in total. The average molecular weight is 218 g/mol. The largest absolute Gasteiger partial charge is 0.351 e. The monoisotopic (exact) mass is 218 g/mol. The number of imidazole rings is 1. The number of carbonyl (C=O) groups is 1. The van der Waals surface area contributed by atoms with E-state index in [0.29, 0.717) is 6.54 Å². The van der Waals surface area contributed by atoms with E-state index >= 15 is 0 Å². The summed E-state index contributed by atoms with van der Waals surface area (Å²) in [4.78, 5) is 19.6. The molecular formula is C11H14N4O. The Balaban J connectivity index is 2.37. The topological polar surface area (TPSA) is 59.3 Å². The highest BCUT2D eigenvalue weighted by molar-refractivity contribution is 5.72. The third-order valence-electron chi connectivity index (χ3n) is 2.29. The summed E-state index contributed by atoms with van der Waals surface area (Å²) in [7, 11) is 0. The van der Waals surface area contributed by atoms with Gasteiger partial charge in [0.1, 0.15) is 0 Å². The first-order chi connectivity index (χ1) is 7.56. The number of aromatic nitrogens is 3. The molecule has 1 N–H and O–H groups in total. The van der Waals surface area contributed by atoms with E-state index in [1.165, 1.54) is 6.92 Å². The van der Waals surface area contributed by atoms with Crippen LogP contribution in [0.1, 0.15) is 24.0 Å². The fourth-order valence-electron chi connectivity index (χ4n) is 1.64. The second kappa shape index (κ2) is 3.92. The van der Waals surface area contributed by atoms with Gasteiger partial charge < -0.3 is 9.72 Å². The molecule has 0 aliphatic carbocycles. The molecule has 0 aliphatic heterocycles. The molecule has 0 aromatic carbocycles. The van der Waals surface area contributed by atoms with Gasteiger partial charge in [0.25, 0.3) is 0 Å². The molecule has 0 saturated carbocycles. The molecule has 0 bridgehead atoms. The molecular weight excluding hydrogens is 204 g/mol. The molecule has 2 aromatic heterocycles. The van der Waals surface area contributed by atoms with Crippen molar-refractivity contribution in [2.75, 3.05) is 0 Å². The van der Waals surface area contributed by atoms with Crippen LogP contribution in [0, 0.1) is 13.8 Å². The summed E-state index contributed by atoms with van der Waals surface area (Å²) in [6, 6.07) is 0. The fourth-order valence-corrected chi connectivity index (χ4v) is 1.64. The average Bonchev–Trinajstić information content (AvgIpc) is 2.56. The number of fused-ring (bicyclic) bond motifs is 1. The highest BCUT2D eigenvalue weighted by Crippen LogP contribution is 2.09. The van der Waals surface area contributed by atoms with Crippen LogP contribution in [-0.2, 0) is 11.3 Å². The van der Waals surface area contributed by atoms with Crippen LogP contribution in [0.3, 0.4) is 0 Å². The Labute approximate surface area is 93.5 Å². The predicted octanol–water partition coefficient (Wildman–Crippen LogP) is 0.982. The van der Waals surface area contributed by atoms with Gasteiger partial charge in [-0.15, -0.1) is 0 Å². The van der Waals surface area contributed by atoms with Gasteiger partial charge >= 0.3 is 0 Å². The van der Waals surface area contributed by atoms with E-state index in [0.717, 1.165) is 22.7 Å². The quantitative estimate of drug-likeness (QED) is 0.817. The van der Waals surface area contributed by atoms with Crippen molar-refractivity contribution in [3.63, 3.8) is 0 Å². The van der Waals surface area contributed by atoms with E-state index in [1.54, 1.807) is 0 Å². The van der Waals surface area contributed by atoms with E-state index in [2.05, 4.69) is 15.3 Å². The maximum atomic E-state index is 10.8. The second-order valence-electron chi connectivity index (χ2n) is 3.84. The Hall–Kier alpha value is -1.91. The normalized spacial score (nSPS) is 10.7. The Kier molecular flexibility index (Phi) is 2.60. The molecule has 2 rings (SSSR count). The van der Waals surface area contributed by atoms with Crippen LogP contribution in [0.15, 0.2) is 12.4 Å². The van der Waals surface area contributed by atoms with Crippen molar-refractivity contribution >= 4 is 11.6 Å². The van der Waals surface area contributed by atoms with Crippen LogP contribution >= 0.6 is 0 Å². The van der Waals surface area contributed by atoms with Crippen molar-refractivity contribution in [3.8, 4) is 0 Å². The van der Waals surface area contributed by atoms with Crippen LogP contribution in [-0.4, -0.2) is 20.3 Å². The van der Waals surface area contributed by atoms with E-state index in [9.17, 15) is 4.79 Å². The van der Waals surface area contributed by atoms with Crippen LogP contribution in [0.5, 0.6) is 0 Å². The maximum absolute atomic E-state index is 10.8. The van der Waals surface area contributed by atoms with Crippen molar-refractivity contribution in [3.05, 3.63) is 29.5 Å². The highest BCUT2D eigenvalue weighted by Gasteiger charge is 2.05. The molecule has 0 atom stereocenters. The summed E-state index contributed by atoms with van der Waals surface area (Å²) in [5.74, 6) is -0.0543. The second-order valence-corrected chi connectivity index (χ2v) is 3.84. The lowest BCUT2D eigenvalue weighted by molar-refractivity contribution is -0.119. The smallest absolute Gasteiger partial charge is 0.217 e. The summed E-state index contributed by atoms with van der Waals surface area (Å²) >= 11 is 0. The molecule has 2 heterocycles. The van der Waals surface area contributed by atoms with Crippen molar-refractivity contribution < 1.29 is 4.79 Å². The van der Waals surface area contributed by atoms with Gasteiger partial charge in [-0.1, -0.05) is 0 Å². The number of hydrogen-bond donors (Lipinski definition) is 1. The lowest BCUT2D eigenvalue weighted by Gasteiger charge is -2.04. The van der Waals surface area contributed by atoms with Gasteiger partial charge in [0, 0.05) is 19.3 Å². The highest BCUT2D eigenvalue weighted by atomic mass is 16.1. The van der Waals surface area contributed by atoms with Gasteiger partial charge in [0.2, 0.25) is 5.91 Å². The van der Waals surface area contributed by atoms with E-state index in [1.807, 2.05) is 30.6 Å². The Morgan fingerprint density at radius 2 is 2.12 bits per heavy atom. The summed E-state index contributed by atoms with van der Waals surface area (Å²) in [6.45, 7) is 5.80. The first-order valence-corrected chi connectivity index (χ1v) is 5.12. The third kappa shape index (κ3) is 2.03. The molecule has 1 amide bonds. The first kappa shape index (κ1) is 10.6. The van der Waals surface area contributed by atoms with Crippen LogP contribution < -0.4 is 5.32 Å². The van der Waals surface area contributed by atoms with Crippen molar-refractivity contribution in [2.45, 2.75) is 27.3 Å². The van der Waals surface area contributed by atoms with Crippen molar-refractivity contribution in [2.24, 2.45) is 0 Å². The van der Waals surface area contributed by atoms with Gasteiger partial charge in [-0.3, -0.25) is 9.78 Å². The summed E-state index contributed by atoms with van der Waals surface area (Å²) in [6.07, 6.45) is 3.83. The molecule has 0 saturated heterocycles. The first-order valence-electron chi connectivity index (χ1n) is 5.12. The number of aryl methyl sites for hydroxylation is 2. The summed E-state index contributed by atoms with van der Waals surface area (Å²) < 4.78 is 1.94. The predicted molar refractivity (Wildman–Crippen MR) is 60.0 cm³/mol. The molecule has 16 heavy (non-hydrogen) atoms. The maximum Gasteiger partial charge on any atom is 0.217 e. The molecule has 0 fully saturated rings. The van der Waals surface area contributed by atoms with Crippen molar-refractivity contribution in [1.29, 1.82) is 0 Å². The SMILES string of the molecule is CC(=O)NCc1cn2cc(C)nc2c(C)n1. The molecule has 0 radical (unpaired) electrons. The standard InChI is InChI=1S/C11H14N4O/c1-7-5-15-6-10(4-12-9(3)16)14-8(2)11(15)13-7/h5-6H,4H2,1-3H3,(H,12,16). The molecule has 2 aromatic rings. The van der Waals surface area contributed by atoms with Crippen LogP contribution in [0.4, 0.5) is 0 Å². The number of nitrogens with zero attached hydrogens (tertiary/aromatic N) is 3. The van der Waals surface area contributed by atoms with E-state index < -0.39 is 0 Å². The van der Waals surface area contributed by atoms with Gasteiger partial charge in [0.05, 0.1) is 23.6 Å². The molecule has 0 aliphatic rings. The molecule has 5 heteroatoms. The molecule has 84 valence electrons. The molecule has 0 unspecified atom stereocenters. The number of carbonyl (C=O) groups excluding carboxylic acids is 1. The lowest BCUT2D eigenvalue weighted by atomic mass is 10.4. The zero-order valence-corrected chi connectivity index (χ0v) is 9.61. The lowest BCUT2D eigenvalue weighted by Crippen LogP contribution is -2.20. The number of rotatable bonds is 2. The minimum Gasteiger partial charge on any atom is -0.351 e. The minimum atomic E-state index is -0.0543. The third-order valence-corrected chi connectivity index (χ3v) is 2.29. The summed E-state index contributed by atoms with van der Waals surface area (Å²) in [5, 5.41) is 2.73. The van der Waals surface area contributed by atoms with Gasteiger partial charge in [0.15, 0.2) is 5.65 Å². The van der Waals surface area contributed by atoms with Crippen LogP contribution in [0.25, 0.3) is 5.65 Å². The number of amides is 1. The van der Waals surface area contributed by atoms with E-state index in [-0.39, 0.29) is 5.91 Å². The van der Waals surface area contributed by atoms with Crippen LogP contribution in [0.2, 0.25) is 0 Å². The minimum absolute atomic E-state index is 0.0543. The zero-order valence-electron chi connectivity index (χ0n) is 9.61. The Morgan fingerprint density at radius 3 is 2.81 bits per heavy atom. The van der Waals surface area contributed by atoms with Crippen molar-refractivity contribution in [1.82, 2.24) is 19.7 Å². The Bertz CT molecular complexity index is 544. The fraction of sp³-hybridized carbons (Fsp3) is 0.364.